The van der Waals surface area contributed by atoms with Gasteiger partial charge in [-0.3, -0.25) is 0 Å². The van der Waals surface area contributed by atoms with Gasteiger partial charge in [-0.05, 0) is 17.7 Å². The van der Waals surface area contributed by atoms with Gasteiger partial charge in [-0.2, -0.15) is 13.2 Å². The highest BCUT2D eigenvalue weighted by atomic mass is 35.5. The van der Waals surface area contributed by atoms with Gasteiger partial charge >= 0.3 is 6.18 Å². The van der Waals surface area contributed by atoms with Gasteiger partial charge in [0.25, 0.3) is 0 Å². The summed E-state index contributed by atoms with van der Waals surface area (Å²) in [6, 6.07) is 1.68. The minimum atomic E-state index is -4.72. The van der Waals surface area contributed by atoms with Crippen molar-refractivity contribution in [1.29, 1.82) is 0 Å². The number of nitrogens with two attached hydrogens (primary N) is 1. The number of rotatable bonds is 2. The molecule has 0 aliphatic heterocycles. The molecule has 1 aromatic heterocycles. The number of pyridine rings is 1. The monoisotopic (exact) mass is 356 g/mol. The van der Waals surface area contributed by atoms with Crippen molar-refractivity contribution < 1.29 is 22.0 Å². The van der Waals surface area contributed by atoms with Crippen LogP contribution in [0.25, 0.3) is 0 Å². The lowest BCUT2D eigenvalue weighted by Crippen LogP contribution is -2.16. The van der Waals surface area contributed by atoms with Crippen molar-refractivity contribution in [2.24, 2.45) is 5.73 Å². The molecule has 2 aromatic rings. The SMILES string of the molecule is NC(c1cnc(C(F)(F)F)c(Cl)c1)c1ccc(F)c(Cl)c1F. The lowest BCUT2D eigenvalue weighted by molar-refractivity contribution is -0.141. The average Bonchev–Trinajstić information content (AvgIpc) is 2.43. The molecule has 0 fully saturated rings. The van der Waals surface area contributed by atoms with E-state index >= 15 is 0 Å². The van der Waals surface area contributed by atoms with E-state index in [0.29, 0.717) is 0 Å². The summed E-state index contributed by atoms with van der Waals surface area (Å²) in [5, 5.41) is -1.42. The van der Waals surface area contributed by atoms with Gasteiger partial charge in [0.15, 0.2) is 5.69 Å². The van der Waals surface area contributed by atoms with Crippen LogP contribution in [-0.4, -0.2) is 4.98 Å². The highest BCUT2D eigenvalue weighted by Crippen LogP contribution is 2.35. The second-order valence-electron chi connectivity index (χ2n) is 4.34. The first-order chi connectivity index (χ1) is 10.1. The summed E-state index contributed by atoms with van der Waals surface area (Å²) in [5.74, 6) is -2.07. The van der Waals surface area contributed by atoms with Gasteiger partial charge < -0.3 is 5.73 Å². The molecule has 1 aromatic carbocycles. The zero-order valence-corrected chi connectivity index (χ0v) is 12.1. The van der Waals surface area contributed by atoms with Crippen molar-refractivity contribution in [2.75, 3.05) is 0 Å². The van der Waals surface area contributed by atoms with Crippen molar-refractivity contribution in [3.63, 3.8) is 0 Å². The highest BCUT2D eigenvalue weighted by Gasteiger charge is 2.35. The van der Waals surface area contributed by atoms with Crippen LogP contribution >= 0.6 is 23.2 Å². The molecule has 1 heterocycles. The quantitative estimate of drug-likeness (QED) is 0.623. The van der Waals surface area contributed by atoms with Crippen LogP contribution in [0.1, 0.15) is 22.9 Å². The molecule has 0 aliphatic carbocycles. The molecule has 1 unspecified atom stereocenters. The Morgan fingerprint density at radius 1 is 1.14 bits per heavy atom. The Balaban J connectivity index is 2.45. The maximum Gasteiger partial charge on any atom is 0.434 e. The molecule has 0 radical (unpaired) electrons. The first-order valence-electron chi connectivity index (χ1n) is 5.74. The largest absolute Gasteiger partial charge is 0.434 e. The van der Waals surface area contributed by atoms with Crippen LogP contribution in [0, 0.1) is 11.6 Å². The van der Waals surface area contributed by atoms with Crippen molar-refractivity contribution in [3.8, 4) is 0 Å². The van der Waals surface area contributed by atoms with Gasteiger partial charge in [-0.25, -0.2) is 13.8 Å². The zero-order chi connectivity index (χ0) is 16.7. The third-order valence-corrected chi connectivity index (χ3v) is 3.52. The van der Waals surface area contributed by atoms with Crippen LogP contribution in [0.5, 0.6) is 0 Å². The van der Waals surface area contributed by atoms with Crippen molar-refractivity contribution >= 4 is 23.2 Å². The molecule has 2 nitrogen and oxygen atoms in total. The molecule has 118 valence electrons. The second kappa shape index (κ2) is 5.98. The molecule has 1 atom stereocenters. The minimum Gasteiger partial charge on any atom is -0.320 e. The number of nitrogens with zero attached hydrogens (tertiary/aromatic N) is 1. The first kappa shape index (κ1) is 16.9. The Hall–Kier alpha value is -1.44. The fourth-order valence-electron chi connectivity index (χ4n) is 1.79. The molecule has 2 N–H and O–H groups in total. The molecule has 9 heteroatoms. The van der Waals surface area contributed by atoms with Crippen LogP contribution in [0.15, 0.2) is 24.4 Å². The van der Waals surface area contributed by atoms with Gasteiger partial charge in [-0.15, -0.1) is 0 Å². The fourth-order valence-corrected chi connectivity index (χ4v) is 2.25. The van der Waals surface area contributed by atoms with Crippen LogP contribution in [0.4, 0.5) is 22.0 Å². The maximum absolute atomic E-state index is 13.9. The van der Waals surface area contributed by atoms with E-state index in [1.54, 1.807) is 0 Å². The molecular formula is C13H7Cl2F5N2. The molecule has 0 aliphatic rings. The van der Waals surface area contributed by atoms with Gasteiger partial charge in [0.1, 0.15) is 16.7 Å². The summed E-state index contributed by atoms with van der Waals surface area (Å²) >= 11 is 11.0. The van der Waals surface area contributed by atoms with Gasteiger partial charge in [0.05, 0.1) is 11.1 Å². The minimum absolute atomic E-state index is 0.0274. The van der Waals surface area contributed by atoms with E-state index in [0.717, 1.165) is 24.4 Å². The third kappa shape index (κ3) is 3.16. The topological polar surface area (TPSA) is 38.9 Å². The lowest BCUT2D eigenvalue weighted by Gasteiger charge is -2.16. The number of hydrogen-bond acceptors (Lipinski definition) is 2. The summed E-state index contributed by atoms with van der Waals surface area (Å²) < 4.78 is 64.7. The van der Waals surface area contributed by atoms with Crippen molar-refractivity contribution in [2.45, 2.75) is 12.2 Å². The van der Waals surface area contributed by atoms with Gasteiger partial charge in [-0.1, -0.05) is 29.3 Å². The van der Waals surface area contributed by atoms with Gasteiger partial charge in [0.2, 0.25) is 0 Å². The number of aromatic nitrogens is 1. The summed E-state index contributed by atoms with van der Waals surface area (Å²) in [7, 11) is 0. The molecule has 0 amide bonds. The molecule has 0 saturated carbocycles. The summed E-state index contributed by atoms with van der Waals surface area (Å²) in [4.78, 5) is 3.20. The van der Waals surface area contributed by atoms with Crippen molar-refractivity contribution in [1.82, 2.24) is 4.98 Å². The third-order valence-electron chi connectivity index (χ3n) is 2.89. The Labute approximate surface area is 131 Å². The highest BCUT2D eigenvalue weighted by molar-refractivity contribution is 6.31. The average molecular weight is 357 g/mol. The van der Waals surface area contributed by atoms with E-state index in [9.17, 15) is 22.0 Å². The molecule has 2 rings (SSSR count). The predicted molar refractivity (Wildman–Crippen MR) is 71.6 cm³/mol. The Bertz CT molecular complexity index is 718. The molecule has 0 bridgehead atoms. The molecular weight excluding hydrogens is 350 g/mol. The maximum atomic E-state index is 13.9. The predicted octanol–water partition coefficient (Wildman–Crippen LogP) is 4.73. The smallest absolute Gasteiger partial charge is 0.320 e. The van der Waals surface area contributed by atoms with E-state index in [1.165, 1.54) is 0 Å². The Kier molecular flexibility index (Phi) is 4.60. The second-order valence-corrected chi connectivity index (χ2v) is 5.12. The van der Waals surface area contributed by atoms with Crippen LogP contribution in [-0.2, 0) is 6.18 Å². The van der Waals surface area contributed by atoms with Crippen molar-refractivity contribution in [3.05, 3.63) is 62.9 Å². The number of hydrogen-bond donors (Lipinski definition) is 1. The summed E-state index contributed by atoms with van der Waals surface area (Å²) in [6.45, 7) is 0. The van der Waals surface area contributed by atoms with E-state index in [1.807, 2.05) is 0 Å². The number of alkyl halides is 3. The first-order valence-corrected chi connectivity index (χ1v) is 6.50. The number of benzene rings is 1. The fraction of sp³-hybridized carbons (Fsp3) is 0.154. The van der Waals surface area contributed by atoms with E-state index in [2.05, 4.69) is 4.98 Å². The Morgan fingerprint density at radius 2 is 1.77 bits per heavy atom. The standard InChI is InChI=1S/C13H7Cl2F5N2/c14-7-3-5(4-22-12(7)13(18,19)20)11(21)6-1-2-8(16)9(15)10(6)17/h1-4,11H,21H2. The van der Waals surface area contributed by atoms with Crippen LogP contribution < -0.4 is 5.73 Å². The lowest BCUT2D eigenvalue weighted by atomic mass is 10.00. The molecule has 0 saturated heterocycles. The van der Waals surface area contributed by atoms with E-state index in [4.69, 9.17) is 28.9 Å². The van der Waals surface area contributed by atoms with E-state index < -0.39 is 39.6 Å². The normalized spacial score (nSPS) is 13.3. The van der Waals surface area contributed by atoms with Crippen LogP contribution in [0.2, 0.25) is 10.0 Å². The Morgan fingerprint density at radius 3 is 2.32 bits per heavy atom. The summed E-state index contributed by atoms with van der Waals surface area (Å²) in [5.41, 5.74) is 4.32. The molecule has 22 heavy (non-hydrogen) atoms. The number of halogens is 7. The van der Waals surface area contributed by atoms with Gasteiger partial charge in [0, 0.05) is 11.8 Å². The molecule has 0 spiro atoms. The summed E-state index contributed by atoms with van der Waals surface area (Å²) in [6.07, 6.45) is -3.89. The van der Waals surface area contributed by atoms with E-state index in [-0.39, 0.29) is 11.1 Å². The van der Waals surface area contributed by atoms with Crippen LogP contribution in [0.3, 0.4) is 0 Å². The zero-order valence-electron chi connectivity index (χ0n) is 10.6.